The van der Waals surface area contributed by atoms with Crippen molar-refractivity contribution >= 4 is 23.4 Å². The number of carbonyl (C=O) groups excluding carboxylic acids is 1. The molecular formula is C18H16N6OS. The first-order valence-corrected chi connectivity index (χ1v) is 8.93. The van der Waals surface area contributed by atoms with E-state index in [2.05, 4.69) is 26.9 Å². The predicted octanol–water partition coefficient (Wildman–Crippen LogP) is 3.17. The highest BCUT2D eigenvalue weighted by Crippen LogP contribution is 2.29. The van der Waals surface area contributed by atoms with Gasteiger partial charge in [-0.15, -0.1) is 16.9 Å². The molecule has 26 heavy (non-hydrogen) atoms. The standard InChI is InChI=1S/C18H16N6OS/c1-13(10-19)11-26-17-9-5-3-7-15(17)21-18(25)14-6-2-4-8-16(14)24-12-20-22-23-24/h2-9,12-13H,11H2,1H3,(H,21,25). The fourth-order valence-corrected chi connectivity index (χ4v) is 3.23. The van der Waals surface area contributed by atoms with Crippen molar-refractivity contribution in [1.29, 1.82) is 5.26 Å². The van der Waals surface area contributed by atoms with Crippen LogP contribution in [0.2, 0.25) is 0 Å². The Morgan fingerprint density at radius 1 is 1.27 bits per heavy atom. The van der Waals surface area contributed by atoms with Crippen LogP contribution in [0.1, 0.15) is 17.3 Å². The van der Waals surface area contributed by atoms with Crippen LogP contribution in [0.4, 0.5) is 5.69 Å². The number of para-hydroxylation sites is 2. The number of nitrogens with zero attached hydrogens (tertiary/aromatic N) is 5. The van der Waals surface area contributed by atoms with E-state index in [4.69, 9.17) is 5.26 Å². The molecule has 8 heteroatoms. The van der Waals surface area contributed by atoms with Crippen molar-refractivity contribution in [3.8, 4) is 11.8 Å². The molecular weight excluding hydrogens is 348 g/mol. The van der Waals surface area contributed by atoms with Crippen LogP contribution in [0, 0.1) is 17.2 Å². The van der Waals surface area contributed by atoms with Crippen molar-refractivity contribution in [2.75, 3.05) is 11.1 Å². The number of anilines is 1. The fraction of sp³-hybridized carbons (Fsp3) is 0.167. The van der Waals surface area contributed by atoms with Gasteiger partial charge in [-0.3, -0.25) is 4.79 Å². The number of amides is 1. The molecule has 130 valence electrons. The van der Waals surface area contributed by atoms with E-state index in [1.807, 2.05) is 37.3 Å². The van der Waals surface area contributed by atoms with Gasteiger partial charge >= 0.3 is 0 Å². The van der Waals surface area contributed by atoms with Gasteiger partial charge in [-0.05, 0) is 41.6 Å². The summed E-state index contributed by atoms with van der Waals surface area (Å²) in [5.41, 5.74) is 1.77. The molecule has 0 saturated heterocycles. The third kappa shape index (κ3) is 4.07. The third-order valence-corrected chi connectivity index (χ3v) is 4.92. The number of nitrogens with one attached hydrogen (secondary N) is 1. The summed E-state index contributed by atoms with van der Waals surface area (Å²) in [6, 6.07) is 16.9. The Kier molecular flexibility index (Phi) is 5.61. The monoisotopic (exact) mass is 364 g/mol. The van der Waals surface area contributed by atoms with Crippen LogP contribution in [0.3, 0.4) is 0 Å². The average molecular weight is 364 g/mol. The molecule has 3 aromatic rings. The van der Waals surface area contributed by atoms with Gasteiger partial charge in [0, 0.05) is 10.6 Å². The Balaban J connectivity index is 1.83. The smallest absolute Gasteiger partial charge is 0.257 e. The van der Waals surface area contributed by atoms with Gasteiger partial charge in [0.1, 0.15) is 6.33 Å². The van der Waals surface area contributed by atoms with Crippen molar-refractivity contribution in [3.63, 3.8) is 0 Å². The Labute approximate surface area is 155 Å². The summed E-state index contributed by atoms with van der Waals surface area (Å²) in [6.07, 6.45) is 1.44. The van der Waals surface area contributed by atoms with Crippen LogP contribution < -0.4 is 5.32 Å². The van der Waals surface area contributed by atoms with E-state index in [1.54, 1.807) is 30.0 Å². The SMILES string of the molecule is CC(C#N)CSc1ccccc1NC(=O)c1ccccc1-n1cnnn1. The number of rotatable bonds is 6. The summed E-state index contributed by atoms with van der Waals surface area (Å²) in [6.45, 7) is 1.87. The number of tetrazole rings is 1. The first kappa shape index (κ1) is 17.6. The molecule has 0 spiro atoms. The molecule has 1 atom stereocenters. The first-order valence-electron chi connectivity index (χ1n) is 7.94. The summed E-state index contributed by atoms with van der Waals surface area (Å²) in [5.74, 6) is 0.340. The molecule has 1 heterocycles. The summed E-state index contributed by atoms with van der Waals surface area (Å²) in [5, 5.41) is 23.0. The minimum atomic E-state index is -0.252. The maximum absolute atomic E-state index is 12.8. The van der Waals surface area contributed by atoms with Gasteiger partial charge < -0.3 is 5.32 Å². The van der Waals surface area contributed by atoms with Crippen molar-refractivity contribution in [1.82, 2.24) is 20.2 Å². The lowest BCUT2D eigenvalue weighted by molar-refractivity contribution is 0.102. The van der Waals surface area contributed by atoms with Crippen molar-refractivity contribution < 1.29 is 4.79 Å². The van der Waals surface area contributed by atoms with E-state index in [0.29, 0.717) is 22.7 Å². The number of hydrogen-bond donors (Lipinski definition) is 1. The number of aromatic nitrogens is 4. The highest BCUT2D eigenvalue weighted by molar-refractivity contribution is 7.99. The Hall–Kier alpha value is -3.18. The molecule has 0 aliphatic rings. The van der Waals surface area contributed by atoms with Gasteiger partial charge in [-0.1, -0.05) is 24.3 Å². The maximum Gasteiger partial charge on any atom is 0.257 e. The zero-order valence-electron chi connectivity index (χ0n) is 14.0. The quantitative estimate of drug-likeness (QED) is 0.675. The molecule has 2 aromatic carbocycles. The van der Waals surface area contributed by atoms with Crippen LogP contribution >= 0.6 is 11.8 Å². The molecule has 0 aliphatic heterocycles. The summed E-state index contributed by atoms with van der Waals surface area (Å²) in [7, 11) is 0. The third-order valence-electron chi connectivity index (χ3n) is 3.59. The lowest BCUT2D eigenvalue weighted by Crippen LogP contribution is -2.16. The minimum Gasteiger partial charge on any atom is -0.321 e. The number of benzene rings is 2. The molecule has 1 aromatic heterocycles. The Bertz CT molecular complexity index is 935. The first-order chi connectivity index (χ1) is 12.7. The molecule has 0 fully saturated rings. The molecule has 7 nitrogen and oxygen atoms in total. The van der Waals surface area contributed by atoms with Crippen LogP contribution in [0.25, 0.3) is 5.69 Å². The molecule has 3 rings (SSSR count). The van der Waals surface area contributed by atoms with Gasteiger partial charge in [0.2, 0.25) is 0 Å². The van der Waals surface area contributed by atoms with Gasteiger partial charge in [-0.2, -0.15) is 9.94 Å². The average Bonchev–Trinajstić information content (AvgIpc) is 3.21. The molecule has 0 aliphatic carbocycles. The number of carbonyl (C=O) groups is 1. The second kappa shape index (κ2) is 8.27. The molecule has 0 radical (unpaired) electrons. The second-order valence-electron chi connectivity index (χ2n) is 5.56. The Morgan fingerprint density at radius 2 is 2.04 bits per heavy atom. The van der Waals surface area contributed by atoms with E-state index < -0.39 is 0 Å². The van der Waals surface area contributed by atoms with E-state index in [-0.39, 0.29) is 11.8 Å². The highest BCUT2D eigenvalue weighted by Gasteiger charge is 2.15. The van der Waals surface area contributed by atoms with Crippen LogP contribution in [-0.4, -0.2) is 31.9 Å². The molecule has 1 unspecified atom stereocenters. The number of nitriles is 1. The van der Waals surface area contributed by atoms with Crippen molar-refractivity contribution in [2.45, 2.75) is 11.8 Å². The normalized spacial score (nSPS) is 11.5. The van der Waals surface area contributed by atoms with Crippen LogP contribution in [0.5, 0.6) is 0 Å². The largest absolute Gasteiger partial charge is 0.321 e. The minimum absolute atomic E-state index is 0.0655. The second-order valence-corrected chi connectivity index (χ2v) is 6.62. The van der Waals surface area contributed by atoms with E-state index in [1.165, 1.54) is 11.0 Å². The van der Waals surface area contributed by atoms with Crippen LogP contribution in [-0.2, 0) is 0 Å². The van der Waals surface area contributed by atoms with E-state index in [9.17, 15) is 4.79 Å². The highest BCUT2D eigenvalue weighted by atomic mass is 32.2. The topological polar surface area (TPSA) is 96.5 Å². The molecule has 1 N–H and O–H groups in total. The lowest BCUT2D eigenvalue weighted by Gasteiger charge is -2.13. The van der Waals surface area contributed by atoms with Gasteiger partial charge in [0.25, 0.3) is 5.91 Å². The molecule has 0 bridgehead atoms. The summed E-state index contributed by atoms with van der Waals surface area (Å²) in [4.78, 5) is 13.7. The zero-order valence-corrected chi connectivity index (χ0v) is 14.8. The van der Waals surface area contributed by atoms with E-state index >= 15 is 0 Å². The van der Waals surface area contributed by atoms with Gasteiger partial charge in [0.15, 0.2) is 0 Å². The zero-order chi connectivity index (χ0) is 18.4. The van der Waals surface area contributed by atoms with Crippen molar-refractivity contribution in [3.05, 3.63) is 60.4 Å². The summed E-state index contributed by atoms with van der Waals surface area (Å²) >= 11 is 1.54. The van der Waals surface area contributed by atoms with Gasteiger partial charge in [-0.25, -0.2) is 0 Å². The molecule has 1 amide bonds. The maximum atomic E-state index is 12.8. The van der Waals surface area contributed by atoms with Crippen LogP contribution in [0.15, 0.2) is 59.8 Å². The fourth-order valence-electron chi connectivity index (χ4n) is 2.27. The van der Waals surface area contributed by atoms with Gasteiger partial charge in [0.05, 0.1) is 28.9 Å². The number of thioether (sulfide) groups is 1. The van der Waals surface area contributed by atoms with Crippen molar-refractivity contribution in [2.24, 2.45) is 5.92 Å². The lowest BCUT2D eigenvalue weighted by atomic mass is 10.1. The molecule has 0 saturated carbocycles. The number of hydrogen-bond acceptors (Lipinski definition) is 6. The van der Waals surface area contributed by atoms with E-state index in [0.717, 1.165) is 4.90 Å². The summed E-state index contributed by atoms with van der Waals surface area (Å²) < 4.78 is 1.45. The Morgan fingerprint density at radius 3 is 2.81 bits per heavy atom. The predicted molar refractivity (Wildman–Crippen MR) is 99.1 cm³/mol.